The fourth-order valence-electron chi connectivity index (χ4n) is 5.72. The van der Waals surface area contributed by atoms with E-state index in [4.69, 9.17) is 0 Å². The molecule has 0 amide bonds. The summed E-state index contributed by atoms with van der Waals surface area (Å²) in [6.45, 7) is 7.38. The second-order valence-corrected chi connectivity index (χ2v) is 9.62. The summed E-state index contributed by atoms with van der Waals surface area (Å²) in [5, 5.41) is 0. The molecule has 0 nitrogen and oxygen atoms in total. The predicted molar refractivity (Wildman–Crippen MR) is 87.8 cm³/mol. The van der Waals surface area contributed by atoms with Crippen LogP contribution in [-0.4, -0.2) is 0 Å². The minimum Gasteiger partial charge on any atom is -0.0599 e. The highest BCUT2D eigenvalue weighted by Crippen LogP contribution is 2.54. The molecule has 2 atom stereocenters. The zero-order valence-corrected chi connectivity index (χ0v) is 14.2. The van der Waals surface area contributed by atoms with Gasteiger partial charge in [-0.05, 0) is 73.5 Å². The molecule has 1 spiro atoms. The van der Waals surface area contributed by atoms with Crippen molar-refractivity contribution in [2.75, 3.05) is 0 Å². The van der Waals surface area contributed by atoms with Crippen molar-refractivity contribution in [2.24, 2.45) is 28.6 Å². The SMILES string of the molecule is CC(C)(C)C1CCC2(CCC3CCCC(CC3)C2)CC1. The minimum absolute atomic E-state index is 0.541. The molecular formula is C20H36. The van der Waals surface area contributed by atoms with E-state index in [9.17, 15) is 0 Å². The van der Waals surface area contributed by atoms with Gasteiger partial charge in [-0.2, -0.15) is 0 Å². The van der Waals surface area contributed by atoms with Crippen molar-refractivity contribution in [3.8, 4) is 0 Å². The van der Waals surface area contributed by atoms with Crippen LogP contribution in [0, 0.1) is 28.6 Å². The summed E-state index contributed by atoms with van der Waals surface area (Å²) in [6, 6.07) is 0. The molecule has 2 unspecified atom stereocenters. The lowest BCUT2D eigenvalue weighted by Gasteiger charge is -2.47. The van der Waals surface area contributed by atoms with E-state index in [1.807, 2.05) is 0 Å². The molecule has 0 aromatic carbocycles. The molecule has 116 valence electrons. The largest absolute Gasteiger partial charge is 0.0599 e. The second-order valence-electron chi connectivity index (χ2n) is 9.62. The van der Waals surface area contributed by atoms with Crippen LogP contribution in [0.2, 0.25) is 0 Å². The molecule has 0 aromatic heterocycles. The molecule has 20 heavy (non-hydrogen) atoms. The maximum atomic E-state index is 2.46. The van der Waals surface area contributed by atoms with E-state index in [-0.39, 0.29) is 0 Å². The number of rotatable bonds is 0. The van der Waals surface area contributed by atoms with Crippen LogP contribution >= 0.6 is 0 Å². The van der Waals surface area contributed by atoms with E-state index in [2.05, 4.69) is 20.8 Å². The maximum absolute atomic E-state index is 2.46. The van der Waals surface area contributed by atoms with E-state index in [1.165, 1.54) is 19.3 Å². The summed E-state index contributed by atoms with van der Waals surface area (Å²) < 4.78 is 0. The Labute approximate surface area is 127 Å². The Morgan fingerprint density at radius 3 is 2.00 bits per heavy atom. The van der Waals surface area contributed by atoms with Crippen molar-refractivity contribution in [3.05, 3.63) is 0 Å². The third-order valence-electron chi connectivity index (χ3n) is 7.28. The Morgan fingerprint density at radius 2 is 1.30 bits per heavy atom. The van der Waals surface area contributed by atoms with E-state index in [0.717, 1.165) is 23.2 Å². The third-order valence-corrected chi connectivity index (χ3v) is 7.28. The van der Waals surface area contributed by atoms with Gasteiger partial charge in [0, 0.05) is 0 Å². The van der Waals surface area contributed by atoms with Crippen LogP contribution in [0.5, 0.6) is 0 Å². The molecule has 3 fully saturated rings. The lowest BCUT2D eigenvalue weighted by molar-refractivity contribution is 0.0475. The zero-order valence-electron chi connectivity index (χ0n) is 14.2. The number of hydrogen-bond acceptors (Lipinski definition) is 0. The smallest absolute Gasteiger partial charge is 0.0295 e. The first kappa shape index (κ1) is 14.9. The summed E-state index contributed by atoms with van der Waals surface area (Å²) in [5.41, 5.74) is 1.31. The summed E-state index contributed by atoms with van der Waals surface area (Å²) >= 11 is 0. The Morgan fingerprint density at radius 1 is 0.700 bits per heavy atom. The van der Waals surface area contributed by atoms with Crippen LogP contribution < -0.4 is 0 Å². The van der Waals surface area contributed by atoms with Crippen LogP contribution in [0.1, 0.15) is 97.8 Å². The molecule has 0 aliphatic heterocycles. The standard InChI is InChI=1S/C20H36/c1-19(2,3)18-10-13-20(14-11-18)12-9-16-5-4-6-17(15-20)8-7-16/h16-18H,4-15H2,1-3H3. The quantitative estimate of drug-likeness (QED) is 0.468. The van der Waals surface area contributed by atoms with Gasteiger partial charge >= 0.3 is 0 Å². The first-order chi connectivity index (χ1) is 9.47. The lowest BCUT2D eigenvalue weighted by Crippen LogP contribution is -2.35. The summed E-state index contributed by atoms with van der Waals surface area (Å²) in [6.07, 6.45) is 18.6. The summed E-state index contributed by atoms with van der Waals surface area (Å²) in [5.74, 6) is 3.17. The minimum atomic E-state index is 0.541. The van der Waals surface area contributed by atoms with E-state index < -0.39 is 0 Å². The van der Waals surface area contributed by atoms with E-state index >= 15 is 0 Å². The van der Waals surface area contributed by atoms with Gasteiger partial charge in [-0.3, -0.25) is 0 Å². The fraction of sp³-hybridized carbons (Fsp3) is 1.00. The Balaban J connectivity index is 1.67. The third kappa shape index (κ3) is 3.25. The molecular weight excluding hydrogens is 240 g/mol. The van der Waals surface area contributed by atoms with Crippen molar-refractivity contribution < 1.29 is 0 Å². The molecule has 0 saturated heterocycles. The Kier molecular flexibility index (Phi) is 4.22. The van der Waals surface area contributed by atoms with Crippen LogP contribution in [0.4, 0.5) is 0 Å². The van der Waals surface area contributed by atoms with Crippen molar-refractivity contribution in [3.63, 3.8) is 0 Å². The second kappa shape index (κ2) is 5.65. The average Bonchev–Trinajstić information content (AvgIpc) is 2.56. The van der Waals surface area contributed by atoms with Crippen molar-refractivity contribution >= 4 is 0 Å². The number of fused-ring (bicyclic) bond motifs is 3. The van der Waals surface area contributed by atoms with Crippen LogP contribution in [0.25, 0.3) is 0 Å². The van der Waals surface area contributed by atoms with Gasteiger partial charge in [-0.15, -0.1) is 0 Å². The topological polar surface area (TPSA) is 0 Å². The van der Waals surface area contributed by atoms with Crippen molar-refractivity contribution in [1.29, 1.82) is 0 Å². The molecule has 3 rings (SSSR count). The molecule has 3 saturated carbocycles. The highest BCUT2D eigenvalue weighted by atomic mass is 14.5. The fourth-order valence-corrected chi connectivity index (χ4v) is 5.72. The highest BCUT2D eigenvalue weighted by Gasteiger charge is 2.41. The lowest BCUT2D eigenvalue weighted by atomic mass is 9.59. The Hall–Kier alpha value is 0. The molecule has 0 radical (unpaired) electrons. The summed E-state index contributed by atoms with van der Waals surface area (Å²) in [4.78, 5) is 0. The molecule has 3 aliphatic rings. The van der Waals surface area contributed by atoms with Gasteiger partial charge in [0.1, 0.15) is 0 Å². The van der Waals surface area contributed by atoms with Gasteiger partial charge in [0.05, 0.1) is 0 Å². The van der Waals surface area contributed by atoms with Crippen LogP contribution in [0.15, 0.2) is 0 Å². The van der Waals surface area contributed by atoms with Gasteiger partial charge < -0.3 is 0 Å². The van der Waals surface area contributed by atoms with Gasteiger partial charge in [0.15, 0.2) is 0 Å². The first-order valence-electron chi connectivity index (χ1n) is 9.47. The van der Waals surface area contributed by atoms with E-state index in [0.29, 0.717) is 5.41 Å². The van der Waals surface area contributed by atoms with Gasteiger partial charge in [0.25, 0.3) is 0 Å². The first-order valence-corrected chi connectivity index (χ1v) is 9.47. The maximum Gasteiger partial charge on any atom is -0.0295 e. The Bertz CT molecular complexity index is 313. The molecule has 0 aromatic rings. The average molecular weight is 277 g/mol. The van der Waals surface area contributed by atoms with Crippen molar-refractivity contribution in [1.82, 2.24) is 0 Å². The van der Waals surface area contributed by atoms with Crippen LogP contribution in [0.3, 0.4) is 0 Å². The van der Waals surface area contributed by atoms with Gasteiger partial charge in [-0.1, -0.05) is 52.9 Å². The van der Waals surface area contributed by atoms with Gasteiger partial charge in [0.2, 0.25) is 0 Å². The van der Waals surface area contributed by atoms with Gasteiger partial charge in [-0.25, -0.2) is 0 Å². The molecule has 0 heteroatoms. The number of hydrogen-bond donors (Lipinski definition) is 0. The normalized spacial score (nSPS) is 43.0. The highest BCUT2D eigenvalue weighted by molar-refractivity contribution is 4.93. The monoisotopic (exact) mass is 276 g/mol. The predicted octanol–water partition coefficient (Wildman–Crippen LogP) is 6.59. The van der Waals surface area contributed by atoms with E-state index in [1.54, 1.807) is 57.8 Å². The molecule has 3 aliphatic carbocycles. The molecule has 0 heterocycles. The van der Waals surface area contributed by atoms with Crippen molar-refractivity contribution in [2.45, 2.75) is 97.8 Å². The molecule has 0 N–H and O–H groups in total. The van der Waals surface area contributed by atoms with Crippen LogP contribution in [-0.2, 0) is 0 Å². The molecule has 2 bridgehead atoms. The summed E-state index contributed by atoms with van der Waals surface area (Å²) in [7, 11) is 0. The zero-order chi connectivity index (χ0) is 14.2.